The minimum Gasteiger partial charge on any atom is -0.497 e. The maximum Gasteiger partial charge on any atom is 0.242 e. The van der Waals surface area contributed by atoms with Crippen molar-refractivity contribution in [3.63, 3.8) is 0 Å². The predicted molar refractivity (Wildman–Crippen MR) is 98.3 cm³/mol. The van der Waals surface area contributed by atoms with Gasteiger partial charge in [0.2, 0.25) is 11.8 Å². The van der Waals surface area contributed by atoms with E-state index in [0.29, 0.717) is 26.3 Å². The smallest absolute Gasteiger partial charge is 0.242 e. The molecule has 2 fully saturated rings. The van der Waals surface area contributed by atoms with Crippen molar-refractivity contribution in [1.82, 2.24) is 10.2 Å². The summed E-state index contributed by atoms with van der Waals surface area (Å²) in [7, 11) is 1.65. The van der Waals surface area contributed by atoms with E-state index in [1.54, 1.807) is 7.11 Å². The number of piperazine rings is 1. The predicted octanol–water partition coefficient (Wildman–Crippen LogP) is 0.887. The standard InChI is InChI=1S/C19H27N3O4/c1-25-17-4-2-16(3-5-17)21-8-10-22(11-9-21)18(23)14-20-19(24)15-6-12-26-13-7-15/h2-5,15H,6-14H2,1H3,(H,20,24). The highest BCUT2D eigenvalue weighted by molar-refractivity contribution is 5.86. The Labute approximate surface area is 154 Å². The highest BCUT2D eigenvalue weighted by atomic mass is 16.5. The van der Waals surface area contributed by atoms with Gasteiger partial charge in [0.25, 0.3) is 0 Å². The van der Waals surface area contributed by atoms with E-state index in [-0.39, 0.29) is 24.3 Å². The number of anilines is 1. The number of amides is 2. The van der Waals surface area contributed by atoms with Crippen molar-refractivity contribution in [2.75, 3.05) is 57.9 Å². The van der Waals surface area contributed by atoms with Crippen LogP contribution in [0.5, 0.6) is 5.75 Å². The number of hydrogen-bond acceptors (Lipinski definition) is 5. The van der Waals surface area contributed by atoms with Gasteiger partial charge in [-0.25, -0.2) is 0 Å². The van der Waals surface area contributed by atoms with Crippen molar-refractivity contribution < 1.29 is 19.1 Å². The molecule has 142 valence electrons. The molecule has 0 radical (unpaired) electrons. The molecule has 7 heteroatoms. The van der Waals surface area contributed by atoms with E-state index in [1.807, 2.05) is 29.2 Å². The number of methoxy groups -OCH3 is 1. The fourth-order valence-electron chi connectivity index (χ4n) is 3.39. The molecule has 2 saturated heterocycles. The van der Waals surface area contributed by atoms with Crippen LogP contribution in [-0.4, -0.2) is 69.8 Å². The summed E-state index contributed by atoms with van der Waals surface area (Å²) >= 11 is 0. The molecular formula is C19H27N3O4. The molecule has 0 unspecified atom stereocenters. The molecule has 26 heavy (non-hydrogen) atoms. The first-order valence-electron chi connectivity index (χ1n) is 9.19. The van der Waals surface area contributed by atoms with E-state index in [1.165, 1.54) is 0 Å². The lowest BCUT2D eigenvalue weighted by Crippen LogP contribution is -2.51. The van der Waals surface area contributed by atoms with E-state index in [2.05, 4.69) is 10.2 Å². The van der Waals surface area contributed by atoms with E-state index < -0.39 is 0 Å². The number of hydrogen-bond donors (Lipinski definition) is 1. The fraction of sp³-hybridized carbons (Fsp3) is 0.579. The molecule has 0 bridgehead atoms. The zero-order chi connectivity index (χ0) is 18.4. The SMILES string of the molecule is COc1ccc(N2CCN(C(=O)CNC(=O)C3CCOCC3)CC2)cc1. The minimum atomic E-state index is -0.0291. The van der Waals surface area contributed by atoms with Crippen molar-refractivity contribution in [2.24, 2.45) is 5.92 Å². The lowest BCUT2D eigenvalue weighted by atomic mass is 9.99. The van der Waals surface area contributed by atoms with Crippen LogP contribution in [0.3, 0.4) is 0 Å². The lowest BCUT2D eigenvalue weighted by molar-refractivity contribution is -0.135. The Kier molecular flexibility index (Phi) is 6.33. The van der Waals surface area contributed by atoms with Crippen LogP contribution < -0.4 is 15.0 Å². The molecule has 0 spiro atoms. The molecule has 0 aliphatic carbocycles. The summed E-state index contributed by atoms with van der Waals surface area (Å²) in [5.74, 6) is 0.768. The van der Waals surface area contributed by atoms with Gasteiger partial charge >= 0.3 is 0 Å². The van der Waals surface area contributed by atoms with Crippen molar-refractivity contribution in [3.8, 4) is 5.75 Å². The zero-order valence-corrected chi connectivity index (χ0v) is 15.3. The first kappa shape index (κ1) is 18.5. The fourth-order valence-corrected chi connectivity index (χ4v) is 3.39. The Balaban J connectivity index is 1.42. The van der Waals surface area contributed by atoms with Crippen LogP contribution >= 0.6 is 0 Å². The summed E-state index contributed by atoms with van der Waals surface area (Å²) in [6.45, 7) is 4.23. The monoisotopic (exact) mass is 361 g/mol. The summed E-state index contributed by atoms with van der Waals surface area (Å²) in [4.78, 5) is 28.6. The summed E-state index contributed by atoms with van der Waals surface area (Å²) in [6, 6.07) is 7.95. The molecule has 3 rings (SSSR count). The van der Waals surface area contributed by atoms with Gasteiger partial charge in [-0.1, -0.05) is 0 Å². The minimum absolute atomic E-state index is 0.0141. The largest absolute Gasteiger partial charge is 0.497 e. The highest BCUT2D eigenvalue weighted by Gasteiger charge is 2.24. The van der Waals surface area contributed by atoms with Gasteiger partial charge in [0, 0.05) is 51.0 Å². The van der Waals surface area contributed by atoms with Crippen LogP contribution in [0.1, 0.15) is 12.8 Å². The van der Waals surface area contributed by atoms with Gasteiger partial charge in [0.05, 0.1) is 13.7 Å². The van der Waals surface area contributed by atoms with Crippen LogP contribution in [0.4, 0.5) is 5.69 Å². The maximum atomic E-state index is 12.4. The Morgan fingerprint density at radius 2 is 1.77 bits per heavy atom. The second-order valence-corrected chi connectivity index (χ2v) is 6.67. The van der Waals surface area contributed by atoms with Gasteiger partial charge in [-0.05, 0) is 37.1 Å². The number of ether oxygens (including phenoxy) is 2. The Bertz CT molecular complexity index is 606. The van der Waals surface area contributed by atoms with Gasteiger partial charge in [-0.2, -0.15) is 0 Å². The molecule has 2 amide bonds. The van der Waals surface area contributed by atoms with Crippen molar-refractivity contribution >= 4 is 17.5 Å². The van der Waals surface area contributed by atoms with E-state index in [9.17, 15) is 9.59 Å². The van der Waals surface area contributed by atoms with Crippen LogP contribution in [0.25, 0.3) is 0 Å². The number of nitrogens with zero attached hydrogens (tertiary/aromatic N) is 2. The number of nitrogens with one attached hydrogen (secondary N) is 1. The molecule has 7 nitrogen and oxygen atoms in total. The summed E-state index contributed by atoms with van der Waals surface area (Å²) in [6.07, 6.45) is 1.47. The summed E-state index contributed by atoms with van der Waals surface area (Å²) < 4.78 is 10.4. The van der Waals surface area contributed by atoms with Gasteiger partial charge < -0.3 is 24.6 Å². The third-order valence-electron chi connectivity index (χ3n) is 5.08. The average Bonchev–Trinajstić information content (AvgIpc) is 2.72. The zero-order valence-electron chi connectivity index (χ0n) is 15.3. The summed E-state index contributed by atoms with van der Waals surface area (Å²) in [5, 5.41) is 2.79. The molecule has 1 aromatic carbocycles. The molecule has 1 aromatic rings. The second kappa shape index (κ2) is 8.89. The van der Waals surface area contributed by atoms with Crippen molar-refractivity contribution in [3.05, 3.63) is 24.3 Å². The quantitative estimate of drug-likeness (QED) is 0.843. The lowest BCUT2D eigenvalue weighted by Gasteiger charge is -2.36. The Morgan fingerprint density at radius 3 is 2.38 bits per heavy atom. The van der Waals surface area contributed by atoms with Crippen LogP contribution in [0.2, 0.25) is 0 Å². The molecule has 2 heterocycles. The maximum absolute atomic E-state index is 12.4. The van der Waals surface area contributed by atoms with Crippen LogP contribution in [0, 0.1) is 5.92 Å². The number of carbonyl (C=O) groups excluding carboxylic acids is 2. The molecule has 2 aliphatic rings. The van der Waals surface area contributed by atoms with E-state index >= 15 is 0 Å². The molecule has 0 saturated carbocycles. The molecule has 0 aromatic heterocycles. The number of benzene rings is 1. The average molecular weight is 361 g/mol. The van der Waals surface area contributed by atoms with Crippen LogP contribution in [-0.2, 0) is 14.3 Å². The summed E-state index contributed by atoms with van der Waals surface area (Å²) in [5.41, 5.74) is 1.13. The molecule has 2 aliphatic heterocycles. The Hall–Kier alpha value is -2.28. The van der Waals surface area contributed by atoms with Gasteiger partial charge in [0.1, 0.15) is 5.75 Å². The first-order valence-corrected chi connectivity index (χ1v) is 9.19. The molecule has 1 N–H and O–H groups in total. The second-order valence-electron chi connectivity index (χ2n) is 6.67. The van der Waals surface area contributed by atoms with Crippen molar-refractivity contribution in [1.29, 1.82) is 0 Å². The van der Waals surface area contributed by atoms with Gasteiger partial charge in [0.15, 0.2) is 0 Å². The highest BCUT2D eigenvalue weighted by Crippen LogP contribution is 2.20. The number of rotatable bonds is 5. The normalized spacial score (nSPS) is 18.5. The van der Waals surface area contributed by atoms with Crippen molar-refractivity contribution in [2.45, 2.75) is 12.8 Å². The first-order chi connectivity index (χ1) is 12.7. The van der Waals surface area contributed by atoms with E-state index in [0.717, 1.165) is 37.4 Å². The van der Waals surface area contributed by atoms with Gasteiger partial charge in [-0.3, -0.25) is 9.59 Å². The Morgan fingerprint density at radius 1 is 1.12 bits per heavy atom. The molecule has 0 atom stereocenters. The van der Waals surface area contributed by atoms with Gasteiger partial charge in [-0.15, -0.1) is 0 Å². The third-order valence-corrected chi connectivity index (χ3v) is 5.08. The number of carbonyl (C=O) groups is 2. The molecular weight excluding hydrogens is 334 g/mol. The van der Waals surface area contributed by atoms with Crippen LogP contribution in [0.15, 0.2) is 24.3 Å². The van der Waals surface area contributed by atoms with E-state index in [4.69, 9.17) is 9.47 Å². The third kappa shape index (κ3) is 4.66. The topological polar surface area (TPSA) is 71.1 Å².